The first kappa shape index (κ1) is 93.1. The number of ether oxygens (including phenoxy) is 4. The molecular formula is C76H148O17P2. The molecule has 0 bridgehead atoms. The lowest BCUT2D eigenvalue weighted by atomic mass is 10.00. The largest absolute Gasteiger partial charge is 0.472 e. The number of aliphatic hydroxyl groups excluding tert-OH is 1. The molecule has 17 nitrogen and oxygen atoms in total. The maximum absolute atomic E-state index is 13.1. The van der Waals surface area contributed by atoms with E-state index in [1.807, 2.05) is 0 Å². The van der Waals surface area contributed by atoms with Crippen LogP contribution in [0, 0.1) is 11.8 Å². The Labute approximate surface area is 581 Å². The normalized spacial score (nSPS) is 14.3. The summed E-state index contributed by atoms with van der Waals surface area (Å²) in [6.07, 6.45) is 55.5. The van der Waals surface area contributed by atoms with Gasteiger partial charge in [0.2, 0.25) is 0 Å². The minimum absolute atomic E-state index is 0.103. The topological polar surface area (TPSA) is 237 Å². The Morgan fingerprint density at radius 3 is 0.800 bits per heavy atom. The van der Waals surface area contributed by atoms with Crippen LogP contribution in [-0.4, -0.2) is 96.7 Å². The summed E-state index contributed by atoms with van der Waals surface area (Å²) in [7, 11) is -9.91. The monoisotopic (exact) mass is 1400 g/mol. The zero-order valence-electron chi connectivity index (χ0n) is 62.0. The minimum atomic E-state index is -4.96. The molecule has 0 fully saturated rings. The highest BCUT2D eigenvalue weighted by atomic mass is 31.2. The molecule has 0 amide bonds. The first-order chi connectivity index (χ1) is 45.9. The van der Waals surface area contributed by atoms with Crippen molar-refractivity contribution in [2.24, 2.45) is 11.8 Å². The second-order valence-electron chi connectivity index (χ2n) is 28.1. The predicted molar refractivity (Wildman–Crippen MR) is 386 cm³/mol. The van der Waals surface area contributed by atoms with Gasteiger partial charge in [0, 0.05) is 25.7 Å². The molecule has 0 saturated heterocycles. The third-order valence-corrected chi connectivity index (χ3v) is 20.0. The summed E-state index contributed by atoms with van der Waals surface area (Å²) in [5, 5.41) is 10.6. The fourth-order valence-corrected chi connectivity index (χ4v) is 13.2. The number of esters is 4. The van der Waals surface area contributed by atoms with Gasteiger partial charge in [-0.3, -0.25) is 37.3 Å². The predicted octanol–water partition coefficient (Wildman–Crippen LogP) is 22.3. The molecule has 19 heteroatoms. The van der Waals surface area contributed by atoms with Gasteiger partial charge in [-0.05, 0) is 37.5 Å². The maximum Gasteiger partial charge on any atom is 0.472 e. The highest BCUT2D eigenvalue weighted by molar-refractivity contribution is 7.47. The Bertz CT molecular complexity index is 1840. The fraction of sp³-hybridized carbons (Fsp3) is 0.947. The van der Waals surface area contributed by atoms with Crippen molar-refractivity contribution >= 4 is 39.5 Å². The minimum Gasteiger partial charge on any atom is -0.462 e. The van der Waals surface area contributed by atoms with Crippen LogP contribution in [0.2, 0.25) is 0 Å². The Morgan fingerprint density at radius 1 is 0.305 bits per heavy atom. The lowest BCUT2D eigenvalue weighted by Gasteiger charge is -2.21. The first-order valence-corrected chi connectivity index (χ1v) is 42.5. The van der Waals surface area contributed by atoms with Crippen molar-refractivity contribution in [2.75, 3.05) is 39.6 Å². The van der Waals surface area contributed by atoms with E-state index in [4.69, 9.17) is 37.0 Å². The average Bonchev–Trinajstić information content (AvgIpc) is 2.36. The van der Waals surface area contributed by atoms with E-state index in [1.165, 1.54) is 212 Å². The van der Waals surface area contributed by atoms with Gasteiger partial charge in [-0.1, -0.05) is 343 Å². The van der Waals surface area contributed by atoms with Gasteiger partial charge in [0.1, 0.15) is 19.3 Å². The Hall–Kier alpha value is -1.94. The molecule has 95 heavy (non-hydrogen) atoms. The number of hydrogen-bond donors (Lipinski definition) is 3. The molecule has 0 heterocycles. The van der Waals surface area contributed by atoms with Crippen LogP contribution in [0.5, 0.6) is 0 Å². The van der Waals surface area contributed by atoms with E-state index in [1.54, 1.807) is 0 Å². The highest BCUT2D eigenvalue weighted by Gasteiger charge is 2.30. The molecule has 0 aromatic heterocycles. The lowest BCUT2D eigenvalue weighted by Crippen LogP contribution is -2.30. The van der Waals surface area contributed by atoms with Crippen LogP contribution in [-0.2, 0) is 65.4 Å². The molecule has 6 atom stereocenters. The second kappa shape index (κ2) is 67.9. The summed E-state index contributed by atoms with van der Waals surface area (Å²) in [5.41, 5.74) is 0. The van der Waals surface area contributed by atoms with Gasteiger partial charge in [0.25, 0.3) is 0 Å². The Kier molecular flexibility index (Phi) is 66.5. The lowest BCUT2D eigenvalue weighted by molar-refractivity contribution is -0.161. The third-order valence-electron chi connectivity index (χ3n) is 18.1. The standard InChI is InChI=1S/C76H148O17P2/c1-7-10-12-14-16-18-20-21-22-23-24-25-30-33-37-41-48-54-60-75(80)92-71(64-86-74(79)59-53-47-40-36-32-29-27-26-28-31-34-38-44-50-56-68(4)5)66-90-94(82,83)88-62-70(77)63-89-95(84,85)91-67-72(93-76(81)61-55-49-43-42-45-51-57-69(6)9-3)65-87-73(78)58-52-46-39-35-19-17-15-13-11-8-2/h68-72,77H,7-67H2,1-6H3,(H,82,83)(H,84,85)/t69?,70-,71-,72-/m1/s1. The fourth-order valence-electron chi connectivity index (χ4n) is 11.6. The van der Waals surface area contributed by atoms with Gasteiger partial charge in [-0.15, -0.1) is 0 Å². The van der Waals surface area contributed by atoms with Gasteiger partial charge < -0.3 is 33.8 Å². The number of phosphoric acid groups is 2. The van der Waals surface area contributed by atoms with Crippen molar-refractivity contribution in [1.29, 1.82) is 0 Å². The summed E-state index contributed by atoms with van der Waals surface area (Å²) >= 11 is 0. The Balaban J connectivity index is 5.22. The highest BCUT2D eigenvalue weighted by Crippen LogP contribution is 2.45. The smallest absolute Gasteiger partial charge is 0.462 e. The van der Waals surface area contributed by atoms with Crippen molar-refractivity contribution in [3.63, 3.8) is 0 Å². The molecule has 0 aliphatic rings. The van der Waals surface area contributed by atoms with E-state index in [0.29, 0.717) is 25.7 Å². The van der Waals surface area contributed by atoms with Crippen molar-refractivity contribution < 1.29 is 80.2 Å². The number of aliphatic hydroxyl groups is 1. The molecule has 0 saturated carbocycles. The zero-order chi connectivity index (χ0) is 70.0. The van der Waals surface area contributed by atoms with E-state index in [2.05, 4.69) is 41.5 Å². The van der Waals surface area contributed by atoms with Crippen LogP contribution in [0.1, 0.15) is 395 Å². The number of rotatable bonds is 75. The molecular weight excluding hydrogens is 1250 g/mol. The number of phosphoric ester groups is 2. The molecule has 0 aromatic rings. The Morgan fingerprint density at radius 2 is 0.537 bits per heavy atom. The maximum atomic E-state index is 13.1. The summed E-state index contributed by atoms with van der Waals surface area (Å²) in [6.45, 7) is 9.56. The summed E-state index contributed by atoms with van der Waals surface area (Å²) in [5.74, 6) is -0.599. The van der Waals surface area contributed by atoms with E-state index in [-0.39, 0.29) is 25.7 Å². The molecule has 564 valence electrons. The molecule has 3 unspecified atom stereocenters. The third kappa shape index (κ3) is 69.0. The molecule has 3 N–H and O–H groups in total. The molecule has 0 aliphatic heterocycles. The van der Waals surface area contributed by atoms with Crippen molar-refractivity contribution in [1.82, 2.24) is 0 Å². The van der Waals surface area contributed by atoms with Crippen LogP contribution >= 0.6 is 15.6 Å². The van der Waals surface area contributed by atoms with Crippen LogP contribution in [0.4, 0.5) is 0 Å². The van der Waals surface area contributed by atoms with Crippen molar-refractivity contribution in [2.45, 2.75) is 413 Å². The number of unbranched alkanes of at least 4 members (excludes halogenated alkanes) is 44. The second-order valence-corrected chi connectivity index (χ2v) is 31.0. The van der Waals surface area contributed by atoms with E-state index in [0.717, 1.165) is 102 Å². The first-order valence-electron chi connectivity index (χ1n) is 39.5. The zero-order valence-corrected chi connectivity index (χ0v) is 63.8. The summed E-state index contributed by atoms with van der Waals surface area (Å²) < 4.78 is 68.5. The van der Waals surface area contributed by atoms with Gasteiger partial charge in [0.05, 0.1) is 26.4 Å². The number of hydrogen-bond acceptors (Lipinski definition) is 15. The quantitative estimate of drug-likeness (QED) is 0.0222. The summed E-state index contributed by atoms with van der Waals surface area (Å²) in [6, 6.07) is 0. The van der Waals surface area contributed by atoms with Crippen molar-refractivity contribution in [3.8, 4) is 0 Å². The van der Waals surface area contributed by atoms with Gasteiger partial charge in [-0.25, -0.2) is 9.13 Å². The molecule has 0 rings (SSSR count). The molecule has 0 radical (unpaired) electrons. The van der Waals surface area contributed by atoms with Gasteiger partial charge in [-0.2, -0.15) is 0 Å². The van der Waals surface area contributed by atoms with E-state index >= 15 is 0 Å². The average molecular weight is 1400 g/mol. The number of carbonyl (C=O) groups is 4. The van der Waals surface area contributed by atoms with Crippen LogP contribution in [0.25, 0.3) is 0 Å². The SMILES string of the molecule is CCCCCCCCCCCCCCCCCCCCC(=O)O[C@H](COC(=O)CCCCCCCCCCCCCCCCC(C)C)COP(=O)(O)OC[C@@H](O)COP(=O)(O)OC[C@@H](COC(=O)CCCCCCCCCCCC)OC(=O)CCCCCCCCC(C)CC. The van der Waals surface area contributed by atoms with Crippen molar-refractivity contribution in [3.05, 3.63) is 0 Å². The molecule has 0 spiro atoms. The van der Waals surface area contributed by atoms with Crippen LogP contribution in [0.3, 0.4) is 0 Å². The summed E-state index contributed by atoms with van der Waals surface area (Å²) in [4.78, 5) is 72.8. The number of carbonyl (C=O) groups excluding carboxylic acids is 4. The van der Waals surface area contributed by atoms with E-state index in [9.17, 15) is 43.2 Å². The van der Waals surface area contributed by atoms with E-state index < -0.39 is 97.5 Å². The molecule has 0 aromatic carbocycles. The van der Waals surface area contributed by atoms with Crippen LogP contribution in [0.15, 0.2) is 0 Å². The van der Waals surface area contributed by atoms with Gasteiger partial charge in [0.15, 0.2) is 12.2 Å². The van der Waals surface area contributed by atoms with Crippen LogP contribution < -0.4 is 0 Å². The van der Waals surface area contributed by atoms with Gasteiger partial charge >= 0.3 is 39.5 Å². The molecule has 0 aliphatic carbocycles.